The highest BCUT2D eigenvalue weighted by Crippen LogP contribution is 2.23. The first-order chi connectivity index (χ1) is 10.2. The molecule has 4 N–H and O–H groups in total. The number of nitrogens with one attached hydrogen (secondary N) is 1. The molecule has 1 aliphatic carbocycles. The van der Waals surface area contributed by atoms with Crippen molar-refractivity contribution < 1.29 is 9.94 Å². The maximum Gasteiger partial charge on any atom is 0.170 e. The minimum Gasteiger partial charge on any atom is -0.492 e. The van der Waals surface area contributed by atoms with Gasteiger partial charge in [0, 0.05) is 18.2 Å². The fraction of sp³-hybridized carbons (Fsp3) is 0.562. The molecule has 5 nitrogen and oxygen atoms in total. The first-order valence-corrected chi connectivity index (χ1v) is 7.63. The van der Waals surface area contributed by atoms with E-state index in [1.54, 1.807) is 12.1 Å². The summed E-state index contributed by atoms with van der Waals surface area (Å²) in [6.45, 7) is 3.84. The number of rotatable bonds is 6. The molecule has 0 unspecified atom stereocenters. The molecule has 21 heavy (non-hydrogen) atoms. The van der Waals surface area contributed by atoms with Crippen LogP contribution in [0.3, 0.4) is 0 Å². The summed E-state index contributed by atoms with van der Waals surface area (Å²) in [5, 5.41) is 15.1. The Hall–Kier alpha value is -1.75. The lowest BCUT2D eigenvalue weighted by Crippen LogP contribution is -2.35. The summed E-state index contributed by atoms with van der Waals surface area (Å²) in [6, 6.07) is 7.86. The molecule has 0 amide bonds. The minimum absolute atomic E-state index is 0.106. The molecule has 0 aromatic heterocycles. The Bertz CT molecular complexity index is 451. The Morgan fingerprint density at radius 2 is 1.95 bits per heavy atom. The monoisotopic (exact) mass is 291 g/mol. The summed E-state index contributed by atoms with van der Waals surface area (Å²) in [5.41, 5.74) is 6.19. The highest BCUT2D eigenvalue weighted by Gasteiger charge is 2.17. The summed E-state index contributed by atoms with van der Waals surface area (Å²) < 4.78 is 5.68. The number of oxime groups is 1. The van der Waals surface area contributed by atoms with Gasteiger partial charge in [-0.3, -0.25) is 0 Å². The highest BCUT2D eigenvalue weighted by atomic mass is 16.5. The number of nitrogens with two attached hydrogens (primary N) is 1. The summed E-state index contributed by atoms with van der Waals surface area (Å²) in [7, 11) is 0. The predicted octanol–water partition coefficient (Wildman–Crippen LogP) is 2.33. The molecule has 0 spiro atoms. The number of hydrogen-bond donors (Lipinski definition) is 3. The predicted molar refractivity (Wildman–Crippen MR) is 83.9 cm³/mol. The van der Waals surface area contributed by atoms with Crippen LogP contribution in [0.2, 0.25) is 0 Å². The molecule has 0 saturated heterocycles. The molecule has 1 aromatic rings. The van der Waals surface area contributed by atoms with E-state index in [1.807, 2.05) is 12.1 Å². The molecule has 0 atom stereocenters. The minimum atomic E-state index is 0.106. The number of hydrogen-bond acceptors (Lipinski definition) is 4. The quantitative estimate of drug-likeness (QED) is 0.247. The third kappa shape index (κ3) is 4.93. The number of ether oxygens (including phenoxy) is 1. The molecular formula is C16H25N3O2. The van der Waals surface area contributed by atoms with Gasteiger partial charge in [-0.25, -0.2) is 0 Å². The molecule has 1 aliphatic rings. The van der Waals surface area contributed by atoms with Gasteiger partial charge in [0.05, 0.1) is 0 Å². The van der Waals surface area contributed by atoms with Crippen molar-refractivity contribution in [3.63, 3.8) is 0 Å². The van der Waals surface area contributed by atoms with Gasteiger partial charge in [-0.05, 0) is 55.9 Å². The fourth-order valence-electron chi connectivity index (χ4n) is 2.68. The van der Waals surface area contributed by atoms with Crippen LogP contribution in [0.5, 0.6) is 5.75 Å². The topological polar surface area (TPSA) is 79.9 Å². The second kappa shape index (κ2) is 7.88. The second-order valence-corrected chi connectivity index (χ2v) is 5.77. The Labute approximate surface area is 126 Å². The van der Waals surface area contributed by atoms with Crippen LogP contribution in [0, 0.1) is 5.92 Å². The third-order valence-electron chi connectivity index (χ3n) is 4.08. The summed E-state index contributed by atoms with van der Waals surface area (Å²) in [6.07, 6.45) is 5.20. The lowest BCUT2D eigenvalue weighted by molar-refractivity contribution is 0.270. The van der Waals surface area contributed by atoms with Gasteiger partial charge < -0.3 is 21.0 Å². The van der Waals surface area contributed by atoms with Gasteiger partial charge in [0.2, 0.25) is 0 Å². The van der Waals surface area contributed by atoms with Crippen molar-refractivity contribution in [2.75, 3.05) is 13.2 Å². The van der Waals surface area contributed by atoms with Gasteiger partial charge in [-0.15, -0.1) is 0 Å². The van der Waals surface area contributed by atoms with Crippen LogP contribution in [0.25, 0.3) is 0 Å². The van der Waals surface area contributed by atoms with Crippen molar-refractivity contribution >= 4 is 5.84 Å². The first-order valence-electron chi connectivity index (χ1n) is 7.63. The van der Waals surface area contributed by atoms with Crippen LogP contribution < -0.4 is 15.8 Å². The van der Waals surface area contributed by atoms with Gasteiger partial charge in [0.25, 0.3) is 0 Å². The average molecular weight is 291 g/mol. The molecule has 116 valence electrons. The van der Waals surface area contributed by atoms with Gasteiger partial charge in [0.1, 0.15) is 12.4 Å². The second-order valence-electron chi connectivity index (χ2n) is 5.77. The van der Waals surface area contributed by atoms with Crippen LogP contribution in [0.15, 0.2) is 29.4 Å². The zero-order chi connectivity index (χ0) is 15.1. The van der Waals surface area contributed by atoms with E-state index in [2.05, 4.69) is 17.4 Å². The van der Waals surface area contributed by atoms with E-state index in [-0.39, 0.29) is 5.84 Å². The first kappa shape index (κ1) is 15.6. The average Bonchev–Trinajstić information content (AvgIpc) is 2.53. The molecule has 0 radical (unpaired) electrons. The molecule has 0 heterocycles. The highest BCUT2D eigenvalue weighted by molar-refractivity contribution is 5.97. The molecule has 0 bridgehead atoms. The zero-order valence-corrected chi connectivity index (χ0v) is 12.6. The largest absolute Gasteiger partial charge is 0.492 e. The Morgan fingerprint density at radius 1 is 1.29 bits per heavy atom. The van der Waals surface area contributed by atoms with Gasteiger partial charge >= 0.3 is 0 Å². The third-order valence-corrected chi connectivity index (χ3v) is 4.08. The van der Waals surface area contributed by atoms with E-state index in [4.69, 9.17) is 15.7 Å². The van der Waals surface area contributed by atoms with Crippen molar-refractivity contribution in [2.24, 2.45) is 16.8 Å². The summed E-state index contributed by atoms with van der Waals surface area (Å²) >= 11 is 0. The molecule has 1 fully saturated rings. The smallest absolute Gasteiger partial charge is 0.170 e. The Balaban J connectivity index is 1.67. The summed E-state index contributed by atoms with van der Waals surface area (Å²) in [5.74, 6) is 1.78. The van der Waals surface area contributed by atoms with Crippen molar-refractivity contribution in [1.29, 1.82) is 0 Å². The van der Waals surface area contributed by atoms with Crippen molar-refractivity contribution in [3.8, 4) is 5.75 Å². The number of benzene rings is 1. The molecule has 5 heteroatoms. The van der Waals surface area contributed by atoms with Crippen LogP contribution >= 0.6 is 0 Å². The van der Waals surface area contributed by atoms with Crippen molar-refractivity contribution in [2.45, 2.75) is 38.6 Å². The molecule has 2 rings (SSSR count). The number of nitrogens with zero attached hydrogens (tertiary/aromatic N) is 1. The van der Waals surface area contributed by atoms with E-state index < -0.39 is 0 Å². The van der Waals surface area contributed by atoms with Crippen LogP contribution in [-0.2, 0) is 0 Å². The SMILES string of the molecule is CC1CCC(NCCOc2ccc(/C(N)=N/O)cc2)CC1. The molecule has 1 aromatic carbocycles. The maximum absolute atomic E-state index is 8.59. The Kier molecular flexibility index (Phi) is 5.87. The maximum atomic E-state index is 8.59. The molecule has 0 aliphatic heterocycles. The van der Waals surface area contributed by atoms with Gasteiger partial charge in [-0.1, -0.05) is 12.1 Å². The van der Waals surface area contributed by atoms with Gasteiger partial charge in [0.15, 0.2) is 5.84 Å². The Morgan fingerprint density at radius 3 is 2.57 bits per heavy atom. The van der Waals surface area contributed by atoms with Gasteiger partial charge in [-0.2, -0.15) is 0 Å². The van der Waals surface area contributed by atoms with E-state index in [0.717, 1.165) is 18.2 Å². The van der Waals surface area contributed by atoms with Crippen LogP contribution in [0.4, 0.5) is 0 Å². The van der Waals surface area contributed by atoms with E-state index in [1.165, 1.54) is 25.7 Å². The lowest BCUT2D eigenvalue weighted by Gasteiger charge is -2.27. The normalized spacial score (nSPS) is 23.0. The van der Waals surface area contributed by atoms with E-state index >= 15 is 0 Å². The summed E-state index contributed by atoms with van der Waals surface area (Å²) in [4.78, 5) is 0. The zero-order valence-electron chi connectivity index (χ0n) is 12.6. The fourth-order valence-corrected chi connectivity index (χ4v) is 2.68. The van der Waals surface area contributed by atoms with Crippen LogP contribution in [-0.4, -0.2) is 30.2 Å². The number of amidine groups is 1. The molecular weight excluding hydrogens is 266 g/mol. The van der Waals surface area contributed by atoms with Crippen molar-refractivity contribution in [3.05, 3.63) is 29.8 Å². The van der Waals surface area contributed by atoms with Crippen LogP contribution in [0.1, 0.15) is 38.2 Å². The van der Waals surface area contributed by atoms with E-state index in [0.29, 0.717) is 18.2 Å². The van der Waals surface area contributed by atoms with Crippen molar-refractivity contribution in [1.82, 2.24) is 5.32 Å². The lowest BCUT2D eigenvalue weighted by atomic mass is 9.87. The van der Waals surface area contributed by atoms with E-state index in [9.17, 15) is 0 Å². The molecule has 1 saturated carbocycles. The standard InChI is InChI=1S/C16H25N3O2/c1-12-2-6-14(7-3-12)18-10-11-21-15-8-4-13(5-9-15)16(17)19-20/h4-5,8-9,12,14,18,20H,2-3,6-7,10-11H2,1H3,(H2,17,19).